The molecule has 2 aliphatic heterocycles. The standard InChI is InChI=1S/C23H26N2O4S/c26-23(24-15-16-11-13-25(14-12-16)30(27,28)17-9-10-17)22-18-5-1-3-7-20(18)29-21-8-4-2-6-19(21)22/h1-8,16-17,22H,9-15H2,(H,24,26). The van der Waals surface area contributed by atoms with Crippen LogP contribution < -0.4 is 10.1 Å². The summed E-state index contributed by atoms with van der Waals surface area (Å²) in [5, 5.41) is 2.98. The Hall–Kier alpha value is -2.38. The van der Waals surface area contributed by atoms with E-state index in [1.807, 2.05) is 48.5 Å². The molecule has 158 valence electrons. The van der Waals surface area contributed by atoms with Crippen LogP contribution in [0.5, 0.6) is 11.5 Å². The smallest absolute Gasteiger partial charge is 0.232 e. The summed E-state index contributed by atoms with van der Waals surface area (Å²) in [5.41, 5.74) is 1.75. The first-order valence-electron chi connectivity index (χ1n) is 10.7. The fourth-order valence-electron chi connectivity index (χ4n) is 4.48. The van der Waals surface area contributed by atoms with Gasteiger partial charge < -0.3 is 10.1 Å². The van der Waals surface area contributed by atoms with Crippen LogP contribution in [-0.4, -0.2) is 43.5 Å². The van der Waals surface area contributed by atoms with Gasteiger partial charge >= 0.3 is 0 Å². The Morgan fingerprint density at radius 2 is 1.50 bits per heavy atom. The van der Waals surface area contributed by atoms with Crippen LogP contribution in [0.1, 0.15) is 42.7 Å². The number of sulfonamides is 1. The van der Waals surface area contributed by atoms with Gasteiger partial charge in [-0.1, -0.05) is 36.4 Å². The molecule has 7 heteroatoms. The minimum absolute atomic E-state index is 0.0359. The molecule has 0 radical (unpaired) electrons. The summed E-state index contributed by atoms with van der Waals surface area (Å²) in [5.74, 6) is 1.29. The number of amides is 1. The maximum absolute atomic E-state index is 13.2. The van der Waals surface area contributed by atoms with Crippen LogP contribution in [0.4, 0.5) is 0 Å². The van der Waals surface area contributed by atoms with E-state index in [0.29, 0.717) is 25.6 Å². The number of carbonyl (C=O) groups is 1. The Labute approximate surface area is 177 Å². The molecule has 0 atom stereocenters. The average Bonchev–Trinajstić information content (AvgIpc) is 3.62. The second-order valence-electron chi connectivity index (χ2n) is 8.44. The molecular weight excluding hydrogens is 400 g/mol. The molecule has 2 heterocycles. The third-order valence-corrected chi connectivity index (χ3v) is 8.78. The van der Waals surface area contributed by atoms with Crippen LogP contribution in [0.25, 0.3) is 0 Å². The predicted molar refractivity (Wildman–Crippen MR) is 114 cm³/mol. The minimum Gasteiger partial charge on any atom is -0.457 e. The lowest BCUT2D eigenvalue weighted by Gasteiger charge is -2.32. The lowest BCUT2D eigenvalue weighted by atomic mass is 9.87. The number of fused-ring (bicyclic) bond motifs is 2. The second kappa shape index (κ2) is 7.71. The van der Waals surface area contributed by atoms with Crippen molar-refractivity contribution in [3.05, 3.63) is 59.7 Å². The van der Waals surface area contributed by atoms with Gasteiger partial charge in [0.25, 0.3) is 0 Å². The van der Waals surface area contributed by atoms with Crippen LogP contribution in [0, 0.1) is 5.92 Å². The number of para-hydroxylation sites is 2. The van der Waals surface area contributed by atoms with Gasteiger partial charge in [0.05, 0.1) is 11.2 Å². The molecule has 1 aliphatic carbocycles. The summed E-state index contributed by atoms with van der Waals surface area (Å²) in [6.07, 6.45) is 3.17. The van der Waals surface area contributed by atoms with Crippen molar-refractivity contribution in [3.8, 4) is 11.5 Å². The monoisotopic (exact) mass is 426 g/mol. The average molecular weight is 427 g/mol. The zero-order chi connectivity index (χ0) is 20.7. The van der Waals surface area contributed by atoms with Crippen LogP contribution in [0.2, 0.25) is 0 Å². The lowest BCUT2D eigenvalue weighted by Crippen LogP contribution is -2.43. The quantitative estimate of drug-likeness (QED) is 0.796. The third kappa shape index (κ3) is 3.61. The van der Waals surface area contributed by atoms with Gasteiger partial charge in [0.1, 0.15) is 11.5 Å². The molecule has 5 rings (SSSR count). The SMILES string of the molecule is O=C(NCC1CCN(S(=O)(=O)C2CC2)CC1)C1c2ccccc2Oc2ccccc21. The number of hydrogen-bond acceptors (Lipinski definition) is 4. The number of nitrogens with zero attached hydrogens (tertiary/aromatic N) is 1. The molecule has 0 bridgehead atoms. The fraction of sp³-hybridized carbons (Fsp3) is 0.435. The Bertz CT molecular complexity index is 1010. The summed E-state index contributed by atoms with van der Waals surface area (Å²) >= 11 is 0. The molecule has 0 unspecified atom stereocenters. The summed E-state index contributed by atoms with van der Waals surface area (Å²) in [7, 11) is -3.10. The molecule has 1 amide bonds. The van der Waals surface area contributed by atoms with Crippen molar-refractivity contribution in [2.45, 2.75) is 36.9 Å². The molecule has 2 aromatic carbocycles. The van der Waals surface area contributed by atoms with E-state index in [1.165, 1.54) is 0 Å². The van der Waals surface area contributed by atoms with Crippen molar-refractivity contribution >= 4 is 15.9 Å². The number of benzene rings is 2. The van der Waals surface area contributed by atoms with Crippen molar-refractivity contribution in [2.24, 2.45) is 5.92 Å². The van der Waals surface area contributed by atoms with Crippen molar-refractivity contribution < 1.29 is 17.9 Å². The zero-order valence-electron chi connectivity index (χ0n) is 16.8. The van der Waals surface area contributed by atoms with Gasteiger partial charge in [0.15, 0.2) is 0 Å². The fourth-order valence-corrected chi connectivity index (χ4v) is 6.36. The Morgan fingerprint density at radius 3 is 2.07 bits per heavy atom. The van der Waals surface area contributed by atoms with Crippen molar-refractivity contribution in [1.82, 2.24) is 9.62 Å². The molecule has 2 fully saturated rings. The van der Waals surface area contributed by atoms with Crippen LogP contribution in [0.15, 0.2) is 48.5 Å². The van der Waals surface area contributed by atoms with Gasteiger partial charge in [0.2, 0.25) is 15.9 Å². The van der Waals surface area contributed by atoms with Crippen LogP contribution in [0.3, 0.4) is 0 Å². The summed E-state index contributed by atoms with van der Waals surface area (Å²) < 4.78 is 32.4. The summed E-state index contributed by atoms with van der Waals surface area (Å²) in [6.45, 7) is 1.68. The third-order valence-electron chi connectivity index (χ3n) is 6.39. The molecule has 3 aliphatic rings. The van der Waals surface area contributed by atoms with E-state index in [4.69, 9.17) is 4.74 Å². The number of hydrogen-bond donors (Lipinski definition) is 1. The highest BCUT2D eigenvalue weighted by Crippen LogP contribution is 2.44. The number of nitrogens with one attached hydrogen (secondary N) is 1. The van der Waals surface area contributed by atoms with Crippen LogP contribution in [-0.2, 0) is 14.8 Å². The Morgan fingerprint density at radius 1 is 0.933 bits per heavy atom. The number of piperidine rings is 1. The molecular formula is C23H26N2O4S. The topological polar surface area (TPSA) is 75.7 Å². The molecule has 2 aromatic rings. The van der Waals surface area contributed by atoms with E-state index in [0.717, 1.165) is 48.3 Å². The largest absolute Gasteiger partial charge is 0.457 e. The van der Waals surface area contributed by atoms with Gasteiger partial charge in [-0.15, -0.1) is 0 Å². The van der Waals surface area contributed by atoms with Crippen molar-refractivity contribution in [3.63, 3.8) is 0 Å². The molecule has 1 saturated carbocycles. The maximum Gasteiger partial charge on any atom is 0.232 e. The van der Waals surface area contributed by atoms with Gasteiger partial charge in [-0.2, -0.15) is 0 Å². The number of carbonyl (C=O) groups excluding carboxylic acids is 1. The predicted octanol–water partition coefficient (Wildman–Crippen LogP) is 3.24. The van der Waals surface area contributed by atoms with E-state index in [1.54, 1.807) is 4.31 Å². The second-order valence-corrected chi connectivity index (χ2v) is 10.7. The van der Waals surface area contributed by atoms with Gasteiger partial charge in [-0.05, 0) is 43.7 Å². The number of rotatable bonds is 5. The number of ether oxygens (including phenoxy) is 1. The Kier molecular flexibility index (Phi) is 5.03. The van der Waals surface area contributed by atoms with Gasteiger partial charge in [-0.3, -0.25) is 4.79 Å². The molecule has 1 saturated heterocycles. The summed E-state index contributed by atoms with van der Waals surface area (Å²) in [4.78, 5) is 13.2. The van der Waals surface area contributed by atoms with E-state index < -0.39 is 15.9 Å². The first-order valence-corrected chi connectivity index (χ1v) is 12.2. The first kappa shape index (κ1) is 19.6. The highest BCUT2D eigenvalue weighted by Gasteiger charge is 2.41. The summed E-state index contributed by atoms with van der Waals surface area (Å²) in [6, 6.07) is 15.3. The maximum atomic E-state index is 13.2. The van der Waals surface area contributed by atoms with Gasteiger partial charge in [-0.25, -0.2) is 12.7 Å². The van der Waals surface area contributed by atoms with E-state index in [-0.39, 0.29) is 11.2 Å². The van der Waals surface area contributed by atoms with Crippen molar-refractivity contribution in [2.75, 3.05) is 19.6 Å². The highest BCUT2D eigenvalue weighted by atomic mass is 32.2. The van der Waals surface area contributed by atoms with Gasteiger partial charge in [0, 0.05) is 30.8 Å². The highest BCUT2D eigenvalue weighted by molar-refractivity contribution is 7.90. The molecule has 6 nitrogen and oxygen atoms in total. The normalized spacial score (nSPS) is 20.1. The minimum atomic E-state index is -3.10. The Balaban J connectivity index is 1.25. The lowest BCUT2D eigenvalue weighted by molar-refractivity contribution is -0.122. The van der Waals surface area contributed by atoms with Crippen molar-refractivity contribution in [1.29, 1.82) is 0 Å². The zero-order valence-corrected chi connectivity index (χ0v) is 17.6. The van der Waals surface area contributed by atoms with E-state index in [9.17, 15) is 13.2 Å². The van der Waals surface area contributed by atoms with E-state index >= 15 is 0 Å². The molecule has 30 heavy (non-hydrogen) atoms. The first-order chi connectivity index (χ1) is 14.5. The van der Waals surface area contributed by atoms with Crippen LogP contribution >= 0.6 is 0 Å². The molecule has 1 N–H and O–H groups in total. The molecule has 0 aromatic heterocycles. The van der Waals surface area contributed by atoms with E-state index in [2.05, 4.69) is 5.32 Å². The molecule has 0 spiro atoms.